The molecular weight excluding hydrogens is 288 g/mol. The zero-order valence-electron chi connectivity index (χ0n) is 14.2. The Morgan fingerprint density at radius 3 is 1.87 bits per heavy atom. The van der Waals surface area contributed by atoms with Gasteiger partial charge in [-0.25, -0.2) is 4.79 Å². The number of aliphatic carboxylic acids is 1. The molecule has 0 fully saturated rings. The van der Waals surface area contributed by atoms with E-state index in [2.05, 4.69) is 13.0 Å². The first-order chi connectivity index (χ1) is 11.2. The highest BCUT2D eigenvalue weighted by Gasteiger charge is 2.03. The van der Waals surface area contributed by atoms with Gasteiger partial charge in [0.05, 0.1) is 0 Å². The molecule has 0 aromatic carbocycles. The second kappa shape index (κ2) is 16.5. The minimum atomic E-state index is -1.44. The summed E-state index contributed by atoms with van der Waals surface area (Å²) in [6, 6.07) is 0. The molecule has 0 bridgehead atoms. The van der Waals surface area contributed by atoms with Crippen molar-refractivity contribution in [3.8, 4) is 0 Å². The van der Waals surface area contributed by atoms with E-state index in [9.17, 15) is 9.59 Å². The zero-order valence-corrected chi connectivity index (χ0v) is 14.2. The van der Waals surface area contributed by atoms with Crippen LogP contribution in [0.3, 0.4) is 0 Å². The van der Waals surface area contributed by atoms with Gasteiger partial charge in [-0.15, -0.1) is 0 Å². The molecule has 0 amide bonds. The standard InChI is InChI=1S/C20H30O3/c1-2-3-4-5-6-7-8-9-10-11-12-13-14-15-16-17-18-19(21)20(22)23/h11-18H,2-10H2,1H3,(H,22,23). The van der Waals surface area contributed by atoms with Crippen molar-refractivity contribution in [2.45, 2.75) is 64.7 Å². The van der Waals surface area contributed by atoms with Gasteiger partial charge in [-0.2, -0.15) is 0 Å². The van der Waals surface area contributed by atoms with E-state index in [4.69, 9.17) is 5.11 Å². The summed E-state index contributed by atoms with van der Waals surface area (Å²) in [5, 5.41) is 8.36. The maximum atomic E-state index is 10.7. The van der Waals surface area contributed by atoms with Crippen LogP contribution in [0.25, 0.3) is 0 Å². The van der Waals surface area contributed by atoms with E-state index >= 15 is 0 Å². The molecule has 3 nitrogen and oxygen atoms in total. The minimum Gasteiger partial charge on any atom is -0.475 e. The predicted octanol–water partition coefficient (Wildman–Crippen LogP) is 5.40. The van der Waals surface area contributed by atoms with Gasteiger partial charge in [-0.05, 0) is 18.9 Å². The Morgan fingerprint density at radius 2 is 1.26 bits per heavy atom. The van der Waals surface area contributed by atoms with Crippen LogP contribution in [0.5, 0.6) is 0 Å². The molecule has 0 spiro atoms. The van der Waals surface area contributed by atoms with E-state index in [1.807, 2.05) is 18.2 Å². The summed E-state index contributed by atoms with van der Waals surface area (Å²) in [6.07, 6.45) is 25.6. The summed E-state index contributed by atoms with van der Waals surface area (Å²) in [4.78, 5) is 21.0. The van der Waals surface area contributed by atoms with Crippen LogP contribution in [-0.4, -0.2) is 16.9 Å². The van der Waals surface area contributed by atoms with Crippen LogP contribution in [-0.2, 0) is 9.59 Å². The number of carboxylic acids is 1. The van der Waals surface area contributed by atoms with Crippen molar-refractivity contribution in [2.75, 3.05) is 0 Å². The lowest BCUT2D eigenvalue weighted by atomic mass is 10.1. The number of rotatable bonds is 14. The van der Waals surface area contributed by atoms with Crippen LogP contribution in [0.15, 0.2) is 48.6 Å². The van der Waals surface area contributed by atoms with E-state index in [1.54, 1.807) is 12.2 Å². The molecule has 3 heteroatoms. The first-order valence-electron chi connectivity index (χ1n) is 8.62. The van der Waals surface area contributed by atoms with Crippen LogP contribution in [0.2, 0.25) is 0 Å². The number of unbranched alkanes of at least 4 members (excludes halogenated alkanes) is 8. The average Bonchev–Trinajstić information content (AvgIpc) is 2.54. The molecule has 1 N–H and O–H groups in total. The average molecular weight is 318 g/mol. The molecule has 0 aromatic rings. The van der Waals surface area contributed by atoms with Crippen molar-refractivity contribution < 1.29 is 14.7 Å². The number of carbonyl (C=O) groups excluding carboxylic acids is 1. The van der Waals surface area contributed by atoms with Crippen molar-refractivity contribution in [1.82, 2.24) is 0 Å². The largest absolute Gasteiger partial charge is 0.475 e. The second-order valence-electron chi connectivity index (χ2n) is 5.49. The number of carboxylic acid groups (broad SMARTS) is 1. The SMILES string of the molecule is CCCCCCCCCCC=CC=CC=CC=CC(=O)C(=O)O. The molecule has 23 heavy (non-hydrogen) atoms. The summed E-state index contributed by atoms with van der Waals surface area (Å²) in [6.45, 7) is 2.24. The summed E-state index contributed by atoms with van der Waals surface area (Å²) in [5.41, 5.74) is 0. The van der Waals surface area contributed by atoms with Gasteiger partial charge in [0.25, 0.3) is 5.78 Å². The Kier molecular flexibility index (Phi) is 15.1. The number of carbonyl (C=O) groups is 2. The summed E-state index contributed by atoms with van der Waals surface area (Å²) >= 11 is 0. The van der Waals surface area contributed by atoms with E-state index in [-0.39, 0.29) is 0 Å². The molecule has 0 rings (SSSR count). The Balaban J connectivity index is 3.52. The zero-order chi connectivity index (χ0) is 17.2. The fraction of sp³-hybridized carbons (Fsp3) is 0.500. The number of allylic oxidation sites excluding steroid dienone is 7. The van der Waals surface area contributed by atoms with Gasteiger partial charge in [0.2, 0.25) is 0 Å². The van der Waals surface area contributed by atoms with E-state index in [0.29, 0.717) is 0 Å². The molecule has 0 aliphatic heterocycles. The first kappa shape index (κ1) is 21.1. The third kappa shape index (κ3) is 16.3. The highest BCUT2D eigenvalue weighted by molar-refractivity contribution is 6.37. The molecular formula is C20H30O3. The number of hydrogen-bond donors (Lipinski definition) is 1. The maximum absolute atomic E-state index is 10.7. The fourth-order valence-corrected chi connectivity index (χ4v) is 2.04. The van der Waals surface area contributed by atoms with Gasteiger partial charge in [-0.3, -0.25) is 4.79 Å². The highest BCUT2D eigenvalue weighted by atomic mass is 16.4. The van der Waals surface area contributed by atoms with Crippen LogP contribution in [0.1, 0.15) is 64.7 Å². The topological polar surface area (TPSA) is 54.4 Å². The number of ketones is 1. The fourth-order valence-electron chi connectivity index (χ4n) is 2.04. The van der Waals surface area contributed by atoms with Crippen molar-refractivity contribution in [2.24, 2.45) is 0 Å². The van der Waals surface area contributed by atoms with Gasteiger partial charge in [0.15, 0.2) is 0 Å². The van der Waals surface area contributed by atoms with Crippen LogP contribution in [0, 0.1) is 0 Å². The van der Waals surface area contributed by atoms with Crippen LogP contribution >= 0.6 is 0 Å². The second-order valence-corrected chi connectivity index (χ2v) is 5.49. The molecule has 0 aliphatic carbocycles. The molecule has 0 atom stereocenters. The third-order valence-electron chi connectivity index (χ3n) is 3.37. The molecule has 0 aliphatic rings. The highest BCUT2D eigenvalue weighted by Crippen LogP contribution is 2.09. The molecule has 128 valence electrons. The van der Waals surface area contributed by atoms with Crippen molar-refractivity contribution in [3.63, 3.8) is 0 Å². The van der Waals surface area contributed by atoms with Gasteiger partial charge in [0.1, 0.15) is 0 Å². The maximum Gasteiger partial charge on any atom is 0.376 e. The van der Waals surface area contributed by atoms with Crippen molar-refractivity contribution in [1.29, 1.82) is 0 Å². The predicted molar refractivity (Wildman–Crippen MR) is 96.4 cm³/mol. The smallest absolute Gasteiger partial charge is 0.376 e. The minimum absolute atomic E-state index is 0.913. The molecule has 0 radical (unpaired) electrons. The van der Waals surface area contributed by atoms with Crippen LogP contribution in [0.4, 0.5) is 0 Å². The van der Waals surface area contributed by atoms with Gasteiger partial charge in [-0.1, -0.05) is 94.4 Å². The molecule has 0 aromatic heterocycles. The van der Waals surface area contributed by atoms with Gasteiger partial charge >= 0.3 is 5.97 Å². The molecule has 0 saturated carbocycles. The van der Waals surface area contributed by atoms with Gasteiger partial charge in [0, 0.05) is 0 Å². The summed E-state index contributed by atoms with van der Waals surface area (Å²) < 4.78 is 0. The van der Waals surface area contributed by atoms with Crippen LogP contribution < -0.4 is 0 Å². The van der Waals surface area contributed by atoms with Gasteiger partial charge < -0.3 is 5.11 Å². The summed E-state index contributed by atoms with van der Waals surface area (Å²) in [5.74, 6) is -2.35. The molecule has 0 unspecified atom stereocenters. The lowest BCUT2D eigenvalue weighted by molar-refractivity contribution is -0.146. The Morgan fingerprint density at radius 1 is 0.739 bits per heavy atom. The first-order valence-corrected chi connectivity index (χ1v) is 8.62. The van der Waals surface area contributed by atoms with Crippen molar-refractivity contribution >= 4 is 11.8 Å². The molecule has 0 heterocycles. The Labute approximate surface area is 140 Å². The third-order valence-corrected chi connectivity index (χ3v) is 3.37. The quantitative estimate of drug-likeness (QED) is 0.202. The van der Waals surface area contributed by atoms with E-state index in [1.165, 1.54) is 57.4 Å². The van der Waals surface area contributed by atoms with E-state index < -0.39 is 11.8 Å². The lowest BCUT2D eigenvalue weighted by Crippen LogP contribution is -2.08. The summed E-state index contributed by atoms with van der Waals surface area (Å²) in [7, 11) is 0. The number of hydrogen-bond acceptors (Lipinski definition) is 2. The Bertz CT molecular complexity index is 428. The Hall–Kier alpha value is -1.90. The van der Waals surface area contributed by atoms with E-state index in [0.717, 1.165) is 12.5 Å². The lowest BCUT2D eigenvalue weighted by Gasteiger charge is -1.99. The molecule has 0 saturated heterocycles. The van der Waals surface area contributed by atoms with Crippen molar-refractivity contribution in [3.05, 3.63) is 48.6 Å². The monoisotopic (exact) mass is 318 g/mol. The normalized spacial score (nSPS) is 12.2.